The maximum Gasteiger partial charge on any atom is 0.146 e. The van der Waals surface area contributed by atoms with E-state index in [1.807, 2.05) is 36.4 Å². The zero-order chi connectivity index (χ0) is 17.9. The van der Waals surface area contributed by atoms with Gasteiger partial charge in [-0.2, -0.15) is 0 Å². The molecule has 0 bridgehead atoms. The molecule has 0 saturated heterocycles. The van der Waals surface area contributed by atoms with E-state index in [1.165, 1.54) is 19.3 Å². The first-order chi connectivity index (χ1) is 12.7. The summed E-state index contributed by atoms with van der Waals surface area (Å²) in [6, 6.07) is 11.7. The first-order valence-corrected chi connectivity index (χ1v) is 9.86. The molecule has 0 amide bonds. The molecule has 5 heteroatoms. The minimum Gasteiger partial charge on any atom is -0.383 e. The predicted molar refractivity (Wildman–Crippen MR) is 104 cm³/mol. The van der Waals surface area contributed by atoms with Crippen LogP contribution in [-0.2, 0) is 0 Å². The van der Waals surface area contributed by atoms with Crippen molar-refractivity contribution in [3.8, 4) is 11.3 Å². The van der Waals surface area contributed by atoms with Gasteiger partial charge < -0.3 is 9.63 Å². The fourth-order valence-electron chi connectivity index (χ4n) is 3.75. The van der Waals surface area contributed by atoms with Crippen LogP contribution in [0, 0.1) is 0 Å². The van der Waals surface area contributed by atoms with E-state index in [0.29, 0.717) is 5.92 Å². The highest BCUT2D eigenvalue weighted by atomic mass is 79.9. The Morgan fingerprint density at radius 1 is 1.08 bits per heavy atom. The molecular formula is C21H21BrN2O2. The third-order valence-corrected chi connectivity index (χ3v) is 5.65. The van der Waals surface area contributed by atoms with Crippen molar-refractivity contribution in [2.24, 2.45) is 0 Å². The number of nitrogens with zero attached hydrogens (tertiary/aromatic N) is 2. The van der Waals surface area contributed by atoms with Crippen LogP contribution in [0.2, 0.25) is 0 Å². The van der Waals surface area contributed by atoms with E-state index in [4.69, 9.17) is 4.52 Å². The van der Waals surface area contributed by atoms with Gasteiger partial charge in [0.2, 0.25) is 0 Å². The standard InChI is InChI=1S/C21H21BrN2O2/c22-17-10-8-14(9-11-17)19-18(20(25)16-7-4-12-23-13-16)21(26-24-19)15-5-2-1-3-6-15/h4,7-13,15,20,25H,1-3,5-6H2. The third-order valence-electron chi connectivity index (χ3n) is 5.12. The number of pyridine rings is 1. The minimum atomic E-state index is -0.800. The summed E-state index contributed by atoms with van der Waals surface area (Å²) in [5.41, 5.74) is 3.20. The Kier molecular flexibility index (Phi) is 5.18. The molecule has 0 radical (unpaired) electrons. The van der Waals surface area contributed by atoms with Gasteiger partial charge in [0.25, 0.3) is 0 Å². The lowest BCUT2D eigenvalue weighted by atomic mass is 9.83. The fraction of sp³-hybridized carbons (Fsp3) is 0.333. The summed E-state index contributed by atoms with van der Waals surface area (Å²) in [5, 5.41) is 15.5. The normalized spacial score (nSPS) is 16.5. The molecule has 1 N–H and O–H groups in total. The van der Waals surface area contributed by atoms with Crippen LogP contribution in [0.1, 0.15) is 61.0 Å². The largest absolute Gasteiger partial charge is 0.383 e. The van der Waals surface area contributed by atoms with Crippen molar-refractivity contribution in [2.45, 2.75) is 44.1 Å². The molecule has 4 rings (SSSR count). The van der Waals surface area contributed by atoms with Crippen LogP contribution in [-0.4, -0.2) is 15.2 Å². The number of benzene rings is 1. The number of aliphatic hydroxyl groups is 1. The number of aromatic nitrogens is 2. The second-order valence-electron chi connectivity index (χ2n) is 6.84. The highest BCUT2D eigenvalue weighted by molar-refractivity contribution is 9.10. The Morgan fingerprint density at radius 3 is 2.54 bits per heavy atom. The summed E-state index contributed by atoms with van der Waals surface area (Å²) >= 11 is 3.47. The zero-order valence-electron chi connectivity index (χ0n) is 14.4. The Balaban J connectivity index is 1.81. The highest BCUT2D eigenvalue weighted by Gasteiger charge is 2.30. The molecule has 1 unspecified atom stereocenters. The molecule has 134 valence electrons. The van der Waals surface area contributed by atoms with Crippen LogP contribution in [0.3, 0.4) is 0 Å². The Morgan fingerprint density at radius 2 is 1.85 bits per heavy atom. The molecule has 3 aromatic rings. The van der Waals surface area contributed by atoms with Gasteiger partial charge in [-0.1, -0.05) is 58.5 Å². The van der Waals surface area contributed by atoms with Crippen molar-refractivity contribution in [2.75, 3.05) is 0 Å². The summed E-state index contributed by atoms with van der Waals surface area (Å²) in [7, 11) is 0. The molecule has 1 aliphatic carbocycles. The van der Waals surface area contributed by atoms with Crippen molar-refractivity contribution in [1.29, 1.82) is 0 Å². The average Bonchev–Trinajstić information content (AvgIpc) is 3.14. The molecule has 2 heterocycles. The lowest BCUT2D eigenvalue weighted by molar-refractivity contribution is 0.213. The molecule has 2 aromatic heterocycles. The minimum absolute atomic E-state index is 0.321. The molecule has 26 heavy (non-hydrogen) atoms. The Hall–Kier alpha value is -1.98. The van der Waals surface area contributed by atoms with Crippen LogP contribution in [0.25, 0.3) is 11.3 Å². The molecule has 1 fully saturated rings. The number of rotatable bonds is 4. The quantitative estimate of drug-likeness (QED) is 0.603. The lowest BCUT2D eigenvalue weighted by Crippen LogP contribution is -2.09. The Labute approximate surface area is 161 Å². The molecule has 0 spiro atoms. The van der Waals surface area contributed by atoms with Gasteiger partial charge in [0.15, 0.2) is 0 Å². The van der Waals surface area contributed by atoms with Gasteiger partial charge in [-0.3, -0.25) is 4.98 Å². The van der Waals surface area contributed by atoms with Crippen LogP contribution in [0.15, 0.2) is 57.8 Å². The molecule has 1 atom stereocenters. The van der Waals surface area contributed by atoms with Gasteiger partial charge in [-0.15, -0.1) is 0 Å². The van der Waals surface area contributed by atoms with Crippen LogP contribution in [0.5, 0.6) is 0 Å². The monoisotopic (exact) mass is 412 g/mol. The summed E-state index contributed by atoms with van der Waals surface area (Å²) in [4.78, 5) is 4.15. The summed E-state index contributed by atoms with van der Waals surface area (Å²) < 4.78 is 6.83. The Bertz CT molecular complexity index is 855. The van der Waals surface area contributed by atoms with Crippen LogP contribution >= 0.6 is 15.9 Å². The number of hydrogen-bond donors (Lipinski definition) is 1. The maximum atomic E-state index is 11.1. The highest BCUT2D eigenvalue weighted by Crippen LogP contribution is 2.42. The zero-order valence-corrected chi connectivity index (χ0v) is 16.0. The summed E-state index contributed by atoms with van der Waals surface area (Å²) in [6.07, 6.45) is 8.44. The van der Waals surface area contributed by atoms with E-state index in [0.717, 1.165) is 45.5 Å². The molecule has 0 aliphatic heterocycles. The van der Waals surface area contributed by atoms with Crippen molar-refractivity contribution < 1.29 is 9.63 Å². The van der Waals surface area contributed by atoms with Gasteiger partial charge in [0.05, 0.1) is 5.56 Å². The molecule has 1 aromatic carbocycles. The predicted octanol–water partition coefficient (Wildman–Crippen LogP) is 5.63. The van der Waals surface area contributed by atoms with Gasteiger partial charge in [0.1, 0.15) is 17.6 Å². The fourth-order valence-corrected chi connectivity index (χ4v) is 4.02. The van der Waals surface area contributed by atoms with E-state index in [1.54, 1.807) is 12.4 Å². The van der Waals surface area contributed by atoms with E-state index in [-0.39, 0.29) is 0 Å². The van der Waals surface area contributed by atoms with Crippen LogP contribution in [0.4, 0.5) is 0 Å². The van der Waals surface area contributed by atoms with E-state index in [9.17, 15) is 5.11 Å². The summed E-state index contributed by atoms with van der Waals surface area (Å²) in [6.45, 7) is 0. The first kappa shape index (κ1) is 17.4. The van der Waals surface area contributed by atoms with Crippen LogP contribution < -0.4 is 0 Å². The molecule has 4 nitrogen and oxygen atoms in total. The number of hydrogen-bond acceptors (Lipinski definition) is 4. The van der Waals surface area contributed by atoms with Crippen molar-refractivity contribution in [3.05, 3.63) is 70.2 Å². The second-order valence-corrected chi connectivity index (χ2v) is 7.76. The van der Waals surface area contributed by atoms with Crippen molar-refractivity contribution in [1.82, 2.24) is 10.1 Å². The van der Waals surface area contributed by atoms with E-state index >= 15 is 0 Å². The van der Waals surface area contributed by atoms with E-state index in [2.05, 4.69) is 26.1 Å². The SMILES string of the molecule is OC(c1cccnc1)c1c(-c2ccc(Br)cc2)noc1C1CCCCC1. The second kappa shape index (κ2) is 7.72. The first-order valence-electron chi connectivity index (χ1n) is 9.07. The maximum absolute atomic E-state index is 11.1. The third kappa shape index (κ3) is 3.46. The van der Waals surface area contributed by atoms with Crippen molar-refractivity contribution >= 4 is 15.9 Å². The van der Waals surface area contributed by atoms with Gasteiger partial charge >= 0.3 is 0 Å². The molecule has 1 aliphatic rings. The van der Waals surface area contributed by atoms with Gasteiger partial charge in [0, 0.05) is 33.9 Å². The molecule has 1 saturated carbocycles. The smallest absolute Gasteiger partial charge is 0.146 e. The average molecular weight is 413 g/mol. The summed E-state index contributed by atoms with van der Waals surface area (Å²) in [5.74, 6) is 1.15. The molecular weight excluding hydrogens is 392 g/mol. The lowest BCUT2D eigenvalue weighted by Gasteiger charge is -2.21. The van der Waals surface area contributed by atoms with E-state index < -0.39 is 6.10 Å². The van der Waals surface area contributed by atoms with Gasteiger partial charge in [-0.25, -0.2) is 0 Å². The van der Waals surface area contributed by atoms with Gasteiger partial charge in [-0.05, 0) is 31.0 Å². The number of aliphatic hydroxyl groups excluding tert-OH is 1. The number of halogens is 1. The topological polar surface area (TPSA) is 59.2 Å². The van der Waals surface area contributed by atoms with Crippen molar-refractivity contribution in [3.63, 3.8) is 0 Å².